The number of nitrogens with zero attached hydrogens (tertiary/aromatic N) is 1. The Morgan fingerprint density at radius 3 is 2.75 bits per heavy atom. The highest BCUT2D eigenvalue weighted by Crippen LogP contribution is 1.96. The molecule has 1 heterocycles. The van der Waals surface area contributed by atoms with Crippen LogP contribution in [0, 0.1) is 0 Å². The Morgan fingerprint density at radius 2 is 2.17 bits per heavy atom. The van der Waals surface area contributed by atoms with Crippen molar-refractivity contribution in [2.45, 2.75) is 19.3 Å². The molecular formula is C9H20BrN2+. The third-order valence-corrected chi connectivity index (χ3v) is 3.07. The van der Waals surface area contributed by atoms with Crippen LogP contribution in [0.3, 0.4) is 0 Å². The number of halogens is 1. The molecule has 3 heteroatoms. The fraction of sp³-hybridized carbons (Fsp3) is 1.00. The highest BCUT2D eigenvalue weighted by Gasteiger charge is 2.18. The Morgan fingerprint density at radius 1 is 1.33 bits per heavy atom. The van der Waals surface area contributed by atoms with Crippen LogP contribution in [-0.4, -0.2) is 43.6 Å². The van der Waals surface area contributed by atoms with Crippen molar-refractivity contribution in [3.8, 4) is 0 Å². The number of alkyl halides is 1. The van der Waals surface area contributed by atoms with Crippen molar-refractivity contribution in [1.82, 2.24) is 4.90 Å². The fourth-order valence-corrected chi connectivity index (χ4v) is 2.14. The van der Waals surface area contributed by atoms with E-state index in [2.05, 4.69) is 27.9 Å². The van der Waals surface area contributed by atoms with Gasteiger partial charge in [0.25, 0.3) is 0 Å². The summed E-state index contributed by atoms with van der Waals surface area (Å²) in [4.78, 5) is 4.19. The first-order valence-electron chi connectivity index (χ1n) is 4.91. The van der Waals surface area contributed by atoms with Crippen molar-refractivity contribution in [1.29, 1.82) is 0 Å². The second-order valence-electron chi connectivity index (χ2n) is 3.74. The number of likely N-dealkylation sites (N-methyl/N-ethyl adjacent to an activating group) is 1. The summed E-state index contributed by atoms with van der Waals surface area (Å²) in [5.41, 5.74) is 0. The molecular weight excluding hydrogens is 216 g/mol. The number of quaternary nitrogens is 1. The highest BCUT2D eigenvalue weighted by atomic mass is 79.9. The van der Waals surface area contributed by atoms with E-state index in [-0.39, 0.29) is 0 Å². The van der Waals surface area contributed by atoms with Crippen molar-refractivity contribution in [2.24, 2.45) is 0 Å². The van der Waals surface area contributed by atoms with Crippen LogP contribution in [0.25, 0.3) is 0 Å². The summed E-state index contributed by atoms with van der Waals surface area (Å²) in [5, 5.41) is 1.17. The first kappa shape index (κ1) is 10.5. The minimum Gasteiger partial charge on any atom is -0.321 e. The summed E-state index contributed by atoms with van der Waals surface area (Å²) in [6, 6.07) is 0. The quantitative estimate of drug-likeness (QED) is 0.534. The average Bonchev–Trinajstić information content (AvgIpc) is 2.45. The van der Waals surface area contributed by atoms with E-state index < -0.39 is 0 Å². The van der Waals surface area contributed by atoms with Gasteiger partial charge in [0.2, 0.25) is 0 Å². The molecule has 0 aliphatic carbocycles. The normalized spacial score (nSPS) is 25.0. The first-order chi connectivity index (χ1) is 5.83. The number of rotatable bonds is 5. The van der Waals surface area contributed by atoms with Crippen LogP contribution in [-0.2, 0) is 0 Å². The Balaban J connectivity index is 1.93. The van der Waals surface area contributed by atoms with Gasteiger partial charge in [-0.3, -0.25) is 4.90 Å². The van der Waals surface area contributed by atoms with Crippen molar-refractivity contribution in [2.75, 3.05) is 38.7 Å². The Labute approximate surface area is 84.0 Å². The second kappa shape index (κ2) is 5.95. The third kappa shape index (κ3) is 3.87. The van der Waals surface area contributed by atoms with Crippen molar-refractivity contribution in [3.05, 3.63) is 0 Å². The minimum atomic E-state index is 1.17. The van der Waals surface area contributed by atoms with Gasteiger partial charge in [-0.15, -0.1) is 0 Å². The molecule has 1 aliphatic rings. The predicted octanol–water partition coefficient (Wildman–Crippen LogP) is 0.339. The van der Waals surface area contributed by atoms with E-state index in [0.29, 0.717) is 0 Å². The average molecular weight is 236 g/mol. The summed E-state index contributed by atoms with van der Waals surface area (Å²) in [5.74, 6) is 0. The van der Waals surface area contributed by atoms with Crippen molar-refractivity contribution in [3.63, 3.8) is 0 Å². The van der Waals surface area contributed by atoms with E-state index in [1.54, 1.807) is 4.90 Å². The molecule has 1 saturated heterocycles. The van der Waals surface area contributed by atoms with Crippen LogP contribution in [0.5, 0.6) is 0 Å². The van der Waals surface area contributed by atoms with Gasteiger partial charge in [0, 0.05) is 5.33 Å². The smallest absolute Gasteiger partial charge is 0.133 e. The standard InChI is InChI=1S/C9H19BrN2/c1-11-7-8-12(9-11)6-4-2-3-5-10/h2-9H2,1H3/p+1. The van der Waals surface area contributed by atoms with Crippen molar-refractivity contribution < 1.29 is 4.90 Å². The molecule has 0 radical (unpaired) electrons. The van der Waals surface area contributed by atoms with Crippen LogP contribution >= 0.6 is 15.9 Å². The topological polar surface area (TPSA) is 7.68 Å². The van der Waals surface area contributed by atoms with Crippen LogP contribution in [0.1, 0.15) is 19.3 Å². The molecule has 0 aromatic heterocycles. The molecule has 0 saturated carbocycles. The lowest BCUT2D eigenvalue weighted by molar-refractivity contribution is -0.891. The van der Waals surface area contributed by atoms with Gasteiger partial charge in [0.1, 0.15) is 6.67 Å². The first-order valence-corrected chi connectivity index (χ1v) is 6.03. The van der Waals surface area contributed by atoms with E-state index >= 15 is 0 Å². The SMILES string of the molecule is CN1CC[NH+](CCCCCBr)C1. The maximum Gasteiger partial charge on any atom is 0.133 e. The Hall–Kier alpha value is 0.400. The molecule has 0 spiro atoms. The molecule has 0 aromatic carbocycles. The molecule has 72 valence electrons. The second-order valence-corrected chi connectivity index (χ2v) is 4.53. The monoisotopic (exact) mass is 235 g/mol. The predicted molar refractivity (Wildman–Crippen MR) is 55.8 cm³/mol. The fourth-order valence-electron chi connectivity index (χ4n) is 1.74. The van der Waals surface area contributed by atoms with Gasteiger partial charge >= 0.3 is 0 Å². The number of unbranched alkanes of at least 4 members (excludes halogenated alkanes) is 2. The zero-order valence-corrected chi connectivity index (χ0v) is 9.57. The van der Waals surface area contributed by atoms with E-state index in [9.17, 15) is 0 Å². The largest absolute Gasteiger partial charge is 0.321 e. The summed E-state index contributed by atoms with van der Waals surface area (Å²) in [6.45, 7) is 5.27. The number of hydrogen-bond acceptors (Lipinski definition) is 1. The molecule has 0 amide bonds. The zero-order chi connectivity index (χ0) is 8.81. The minimum absolute atomic E-state index is 1.17. The molecule has 1 unspecified atom stereocenters. The summed E-state index contributed by atoms with van der Waals surface area (Å²) in [7, 11) is 2.21. The molecule has 2 nitrogen and oxygen atoms in total. The van der Waals surface area contributed by atoms with Crippen molar-refractivity contribution >= 4 is 15.9 Å². The van der Waals surface area contributed by atoms with Gasteiger partial charge in [-0.2, -0.15) is 0 Å². The number of hydrogen-bond donors (Lipinski definition) is 1. The van der Waals surface area contributed by atoms with E-state index in [1.165, 1.54) is 50.9 Å². The Kier molecular flexibility index (Phi) is 5.19. The molecule has 1 rings (SSSR count). The lowest BCUT2D eigenvalue weighted by atomic mass is 10.2. The molecule has 12 heavy (non-hydrogen) atoms. The lowest BCUT2D eigenvalue weighted by Gasteiger charge is -2.11. The summed E-state index contributed by atoms with van der Waals surface area (Å²) < 4.78 is 0. The van der Waals surface area contributed by atoms with Crippen LogP contribution in [0.4, 0.5) is 0 Å². The van der Waals surface area contributed by atoms with Gasteiger partial charge < -0.3 is 4.90 Å². The van der Waals surface area contributed by atoms with Gasteiger partial charge in [-0.05, 0) is 26.3 Å². The van der Waals surface area contributed by atoms with Gasteiger partial charge in [-0.1, -0.05) is 15.9 Å². The molecule has 0 bridgehead atoms. The van der Waals surface area contributed by atoms with E-state index in [4.69, 9.17) is 0 Å². The molecule has 1 N–H and O–H groups in total. The zero-order valence-electron chi connectivity index (χ0n) is 7.98. The van der Waals surface area contributed by atoms with Gasteiger partial charge in [-0.25, -0.2) is 0 Å². The highest BCUT2D eigenvalue weighted by molar-refractivity contribution is 9.09. The van der Waals surface area contributed by atoms with Gasteiger partial charge in [0.15, 0.2) is 0 Å². The Bertz CT molecular complexity index is 119. The van der Waals surface area contributed by atoms with Gasteiger partial charge in [0.05, 0.1) is 19.6 Å². The number of nitrogens with one attached hydrogen (secondary N) is 1. The van der Waals surface area contributed by atoms with Crippen LogP contribution in [0.15, 0.2) is 0 Å². The third-order valence-electron chi connectivity index (χ3n) is 2.50. The van der Waals surface area contributed by atoms with E-state index in [1.807, 2.05) is 0 Å². The molecule has 1 fully saturated rings. The summed E-state index contributed by atoms with van der Waals surface area (Å²) in [6.07, 6.45) is 4.12. The molecule has 1 atom stereocenters. The molecule has 1 aliphatic heterocycles. The van der Waals surface area contributed by atoms with E-state index in [0.717, 1.165) is 0 Å². The maximum atomic E-state index is 3.46. The maximum absolute atomic E-state index is 3.46. The molecule has 0 aromatic rings. The lowest BCUT2D eigenvalue weighted by Crippen LogP contribution is -3.10. The summed E-state index contributed by atoms with van der Waals surface area (Å²) >= 11 is 3.46. The van der Waals surface area contributed by atoms with Crippen LogP contribution in [0.2, 0.25) is 0 Å². The van der Waals surface area contributed by atoms with Crippen LogP contribution < -0.4 is 4.90 Å².